The lowest BCUT2D eigenvalue weighted by molar-refractivity contribution is 0.0651. The average molecular weight is 336 g/mol. The molecular weight excluding hydrogens is 320 g/mol. The fourth-order valence-electron chi connectivity index (χ4n) is 3.21. The van der Waals surface area contributed by atoms with Gasteiger partial charge in [0, 0.05) is 13.1 Å². The minimum absolute atomic E-state index is 0.261. The van der Waals surface area contributed by atoms with Crippen LogP contribution in [0.1, 0.15) is 32.7 Å². The third-order valence-electron chi connectivity index (χ3n) is 4.47. The quantitative estimate of drug-likeness (QED) is 0.687. The number of rotatable bonds is 4. The summed E-state index contributed by atoms with van der Waals surface area (Å²) in [5.74, 6) is -0.982. The van der Waals surface area contributed by atoms with Gasteiger partial charge in [-0.05, 0) is 43.2 Å². The molecule has 6 heteroatoms. The van der Waals surface area contributed by atoms with E-state index in [1.165, 1.54) is 9.47 Å². The molecule has 0 saturated carbocycles. The highest BCUT2D eigenvalue weighted by molar-refractivity contribution is 6.21. The first-order chi connectivity index (χ1) is 12.1. The highest BCUT2D eigenvalue weighted by Gasteiger charge is 2.34. The van der Waals surface area contributed by atoms with Gasteiger partial charge in [0.25, 0.3) is 11.8 Å². The van der Waals surface area contributed by atoms with Crippen molar-refractivity contribution in [1.82, 2.24) is 9.47 Å². The summed E-state index contributed by atoms with van der Waals surface area (Å²) in [6.45, 7) is 2.57. The van der Waals surface area contributed by atoms with Crippen LogP contribution >= 0.6 is 0 Å². The van der Waals surface area contributed by atoms with Gasteiger partial charge in [-0.25, -0.2) is 4.79 Å². The van der Waals surface area contributed by atoms with Crippen molar-refractivity contribution < 1.29 is 14.0 Å². The molecule has 126 valence electrons. The standard InChI is InChI=1S/C19H16N2O4/c1-12-7-8-15-16(11-12)25-19(24)20(15)9-4-10-21-17(22)13-5-2-3-6-14(13)18(21)23/h2-3,5-8,11H,4,9-10H2,1H3. The number of amides is 2. The fraction of sp³-hybridized carbons (Fsp3) is 0.211. The maximum Gasteiger partial charge on any atom is 0.419 e. The number of carbonyl (C=O) groups excluding carboxylic acids is 2. The largest absolute Gasteiger partial charge is 0.419 e. The molecule has 2 aromatic carbocycles. The number of benzene rings is 2. The van der Waals surface area contributed by atoms with E-state index in [-0.39, 0.29) is 18.4 Å². The van der Waals surface area contributed by atoms with Crippen molar-refractivity contribution >= 4 is 22.9 Å². The summed E-state index contributed by atoms with van der Waals surface area (Å²) in [4.78, 5) is 37.9. The Balaban J connectivity index is 1.51. The van der Waals surface area contributed by atoms with Gasteiger partial charge in [-0.3, -0.25) is 19.1 Å². The Labute approximate surface area is 143 Å². The Hall–Kier alpha value is -3.15. The predicted octanol–water partition coefficient (Wildman–Crippen LogP) is 2.59. The number of fused-ring (bicyclic) bond motifs is 2. The first-order valence-electron chi connectivity index (χ1n) is 8.11. The van der Waals surface area contributed by atoms with Crippen molar-refractivity contribution in [3.05, 3.63) is 69.7 Å². The lowest BCUT2D eigenvalue weighted by Crippen LogP contribution is -2.31. The van der Waals surface area contributed by atoms with Gasteiger partial charge in [0.05, 0.1) is 16.6 Å². The molecule has 25 heavy (non-hydrogen) atoms. The smallest absolute Gasteiger partial charge is 0.408 e. The van der Waals surface area contributed by atoms with Crippen LogP contribution in [0.25, 0.3) is 11.1 Å². The summed E-state index contributed by atoms with van der Waals surface area (Å²) < 4.78 is 6.79. The number of aromatic nitrogens is 1. The number of nitrogens with zero attached hydrogens (tertiary/aromatic N) is 2. The van der Waals surface area contributed by atoms with Crippen LogP contribution in [-0.4, -0.2) is 27.8 Å². The third kappa shape index (κ3) is 2.46. The average Bonchev–Trinajstić information content (AvgIpc) is 3.03. The molecule has 0 atom stereocenters. The van der Waals surface area contributed by atoms with Gasteiger partial charge in [-0.2, -0.15) is 0 Å². The highest BCUT2D eigenvalue weighted by Crippen LogP contribution is 2.22. The number of imide groups is 1. The summed E-state index contributed by atoms with van der Waals surface area (Å²) >= 11 is 0. The Morgan fingerprint density at radius 3 is 2.28 bits per heavy atom. The summed E-state index contributed by atoms with van der Waals surface area (Å²) in [5.41, 5.74) is 3.16. The van der Waals surface area contributed by atoms with Crippen LogP contribution in [0.15, 0.2) is 51.7 Å². The van der Waals surface area contributed by atoms with Crippen LogP contribution in [-0.2, 0) is 6.54 Å². The number of oxazole rings is 1. The molecule has 0 unspecified atom stereocenters. The lowest BCUT2D eigenvalue weighted by Gasteiger charge is -2.13. The minimum Gasteiger partial charge on any atom is -0.408 e. The van der Waals surface area contributed by atoms with Crippen molar-refractivity contribution in [2.75, 3.05) is 6.54 Å². The van der Waals surface area contributed by atoms with Crippen molar-refractivity contribution in [3.63, 3.8) is 0 Å². The van der Waals surface area contributed by atoms with Gasteiger partial charge in [-0.1, -0.05) is 18.2 Å². The van der Waals surface area contributed by atoms with Crippen LogP contribution in [0.3, 0.4) is 0 Å². The summed E-state index contributed by atoms with van der Waals surface area (Å²) in [6.07, 6.45) is 0.480. The minimum atomic E-state index is -0.428. The normalized spacial score (nSPS) is 13.7. The van der Waals surface area contributed by atoms with Crippen molar-refractivity contribution in [3.8, 4) is 0 Å². The summed E-state index contributed by atoms with van der Waals surface area (Å²) in [6, 6.07) is 12.4. The molecule has 1 aliphatic rings. The Morgan fingerprint density at radius 2 is 1.60 bits per heavy atom. The van der Waals surface area contributed by atoms with E-state index < -0.39 is 5.76 Å². The summed E-state index contributed by atoms with van der Waals surface area (Å²) in [5, 5.41) is 0. The number of carbonyl (C=O) groups is 2. The van der Waals surface area contributed by atoms with Gasteiger partial charge >= 0.3 is 5.76 Å². The van der Waals surface area contributed by atoms with Gasteiger partial charge in [0.15, 0.2) is 5.58 Å². The van der Waals surface area contributed by atoms with E-state index in [0.717, 1.165) is 11.1 Å². The van der Waals surface area contributed by atoms with Gasteiger partial charge in [-0.15, -0.1) is 0 Å². The third-order valence-corrected chi connectivity index (χ3v) is 4.47. The van der Waals surface area contributed by atoms with E-state index >= 15 is 0 Å². The molecule has 6 nitrogen and oxygen atoms in total. The molecule has 1 aliphatic heterocycles. The zero-order valence-corrected chi connectivity index (χ0v) is 13.7. The first-order valence-corrected chi connectivity index (χ1v) is 8.11. The predicted molar refractivity (Wildman–Crippen MR) is 91.6 cm³/mol. The second kappa shape index (κ2) is 5.73. The molecule has 2 amide bonds. The van der Waals surface area contributed by atoms with Gasteiger partial charge in [0.2, 0.25) is 0 Å². The first kappa shape index (κ1) is 15.4. The van der Waals surface area contributed by atoms with Gasteiger partial charge < -0.3 is 4.42 Å². The molecule has 0 fully saturated rings. The SMILES string of the molecule is Cc1ccc2c(c1)oc(=O)n2CCCN1C(=O)c2ccccc2C1=O. The second-order valence-corrected chi connectivity index (χ2v) is 6.15. The van der Waals surface area contributed by atoms with E-state index in [0.29, 0.717) is 29.7 Å². The van der Waals surface area contributed by atoms with Crippen molar-refractivity contribution in [2.45, 2.75) is 19.9 Å². The molecule has 3 aromatic rings. The van der Waals surface area contributed by atoms with E-state index in [1.54, 1.807) is 24.3 Å². The van der Waals surface area contributed by atoms with Crippen molar-refractivity contribution in [2.24, 2.45) is 0 Å². The molecule has 4 rings (SSSR count). The maximum absolute atomic E-state index is 12.3. The highest BCUT2D eigenvalue weighted by atomic mass is 16.4. The van der Waals surface area contributed by atoms with E-state index in [4.69, 9.17) is 4.42 Å². The molecule has 0 N–H and O–H groups in total. The summed E-state index contributed by atoms with van der Waals surface area (Å²) in [7, 11) is 0. The van der Waals surface area contributed by atoms with Gasteiger partial charge in [0.1, 0.15) is 0 Å². The molecular formula is C19H16N2O4. The van der Waals surface area contributed by atoms with Crippen LogP contribution in [0.4, 0.5) is 0 Å². The lowest BCUT2D eigenvalue weighted by atomic mass is 10.1. The van der Waals surface area contributed by atoms with E-state index in [2.05, 4.69) is 0 Å². The molecule has 0 aliphatic carbocycles. The monoisotopic (exact) mass is 336 g/mol. The molecule has 0 bridgehead atoms. The molecule has 0 spiro atoms. The Kier molecular flexibility index (Phi) is 3.53. The molecule has 1 aromatic heterocycles. The van der Waals surface area contributed by atoms with Crippen LogP contribution < -0.4 is 5.76 Å². The molecule has 0 radical (unpaired) electrons. The molecule has 0 saturated heterocycles. The van der Waals surface area contributed by atoms with Crippen LogP contribution in [0.5, 0.6) is 0 Å². The van der Waals surface area contributed by atoms with Crippen LogP contribution in [0, 0.1) is 6.92 Å². The van der Waals surface area contributed by atoms with Crippen molar-refractivity contribution in [1.29, 1.82) is 0 Å². The zero-order chi connectivity index (χ0) is 17.6. The number of aryl methyl sites for hydroxylation is 2. The zero-order valence-electron chi connectivity index (χ0n) is 13.7. The fourth-order valence-corrected chi connectivity index (χ4v) is 3.21. The number of hydrogen-bond acceptors (Lipinski definition) is 4. The van der Waals surface area contributed by atoms with E-state index in [1.807, 2.05) is 25.1 Å². The number of hydrogen-bond donors (Lipinski definition) is 0. The Bertz CT molecular complexity index is 1030. The second-order valence-electron chi connectivity index (χ2n) is 6.15. The maximum atomic E-state index is 12.3. The van der Waals surface area contributed by atoms with E-state index in [9.17, 15) is 14.4 Å². The molecule has 2 heterocycles. The Morgan fingerprint density at radius 1 is 0.920 bits per heavy atom. The topological polar surface area (TPSA) is 72.5 Å². The van der Waals surface area contributed by atoms with Crippen LogP contribution in [0.2, 0.25) is 0 Å².